The van der Waals surface area contributed by atoms with E-state index < -0.39 is 31.1 Å². The molecule has 2 aromatic heterocycles. The molecule has 1 saturated heterocycles. The van der Waals surface area contributed by atoms with Gasteiger partial charge in [0.15, 0.2) is 23.5 Å². The Morgan fingerprint density at radius 3 is 2.63 bits per heavy atom. The van der Waals surface area contributed by atoms with Gasteiger partial charge >= 0.3 is 0 Å². The van der Waals surface area contributed by atoms with Crippen LogP contribution in [-0.2, 0) is 11.3 Å². The van der Waals surface area contributed by atoms with E-state index in [-0.39, 0.29) is 12.4 Å². The molecule has 0 amide bonds. The van der Waals surface area contributed by atoms with Gasteiger partial charge in [0.2, 0.25) is 0 Å². The van der Waals surface area contributed by atoms with E-state index >= 15 is 0 Å². The van der Waals surface area contributed by atoms with Gasteiger partial charge in [-0.15, -0.1) is 0 Å². The standard InChI is InChI=1S/C17H19N5O5/c18-15-12-16(21-11(20-15)7-26-9-4-2-1-3-5-9)22(8-19-12)17-14(25)13(24)10(6-23)27-17/h1-5,8,10,13-14,17,23-25H,6-7H2,(H2,18,20,21)/t10-,13-,14-,17?/m0/s1. The number of hydrogen-bond acceptors (Lipinski definition) is 9. The first-order valence-electron chi connectivity index (χ1n) is 8.37. The van der Waals surface area contributed by atoms with Crippen LogP contribution in [0.5, 0.6) is 5.75 Å². The molecular weight excluding hydrogens is 354 g/mol. The Morgan fingerprint density at radius 2 is 1.93 bits per heavy atom. The molecule has 0 bridgehead atoms. The third-order valence-electron chi connectivity index (χ3n) is 4.40. The van der Waals surface area contributed by atoms with Gasteiger partial charge in [-0.3, -0.25) is 4.57 Å². The van der Waals surface area contributed by atoms with Gasteiger partial charge in [-0.05, 0) is 12.1 Å². The maximum atomic E-state index is 10.2. The number of anilines is 1. The SMILES string of the molecule is Nc1nc(COc2ccccc2)nc2c1ncn2C1O[C@@H](CO)[C@H](O)[C@@H]1O. The number of benzene rings is 1. The van der Waals surface area contributed by atoms with Crippen LogP contribution in [0.4, 0.5) is 5.82 Å². The van der Waals surface area contributed by atoms with Crippen molar-refractivity contribution in [1.82, 2.24) is 19.5 Å². The van der Waals surface area contributed by atoms with Crippen molar-refractivity contribution in [2.45, 2.75) is 31.1 Å². The van der Waals surface area contributed by atoms with Crippen LogP contribution in [0.2, 0.25) is 0 Å². The normalized spacial score (nSPS) is 25.1. The number of fused-ring (bicyclic) bond motifs is 1. The van der Waals surface area contributed by atoms with E-state index in [9.17, 15) is 15.3 Å². The Morgan fingerprint density at radius 1 is 1.15 bits per heavy atom. The van der Waals surface area contributed by atoms with E-state index in [4.69, 9.17) is 15.2 Å². The number of imidazole rings is 1. The highest BCUT2D eigenvalue weighted by Crippen LogP contribution is 2.32. The zero-order chi connectivity index (χ0) is 19.0. The fourth-order valence-corrected chi connectivity index (χ4v) is 3.01. The van der Waals surface area contributed by atoms with Gasteiger partial charge in [0, 0.05) is 0 Å². The average molecular weight is 373 g/mol. The fraction of sp³-hybridized carbons (Fsp3) is 0.353. The maximum absolute atomic E-state index is 10.2. The topological polar surface area (TPSA) is 149 Å². The molecule has 3 heterocycles. The molecule has 0 radical (unpaired) electrons. The largest absolute Gasteiger partial charge is 0.486 e. The molecule has 10 nitrogen and oxygen atoms in total. The molecule has 27 heavy (non-hydrogen) atoms. The number of aliphatic hydroxyl groups is 3. The maximum Gasteiger partial charge on any atom is 0.170 e. The van der Waals surface area contributed by atoms with Crippen LogP contribution in [0.3, 0.4) is 0 Å². The van der Waals surface area contributed by atoms with Gasteiger partial charge in [0.1, 0.15) is 36.2 Å². The van der Waals surface area contributed by atoms with Crippen molar-refractivity contribution in [3.8, 4) is 5.75 Å². The molecule has 10 heteroatoms. The number of aliphatic hydroxyl groups excluding tert-OH is 3. The lowest BCUT2D eigenvalue weighted by Crippen LogP contribution is -2.33. The summed E-state index contributed by atoms with van der Waals surface area (Å²) in [5.74, 6) is 1.16. The van der Waals surface area contributed by atoms with Gasteiger partial charge in [-0.2, -0.15) is 0 Å². The highest BCUT2D eigenvalue weighted by molar-refractivity contribution is 5.81. The lowest BCUT2D eigenvalue weighted by atomic mass is 10.1. The van der Waals surface area contributed by atoms with E-state index in [1.165, 1.54) is 10.9 Å². The van der Waals surface area contributed by atoms with Gasteiger partial charge < -0.3 is 30.5 Å². The van der Waals surface area contributed by atoms with Crippen molar-refractivity contribution >= 4 is 17.0 Å². The van der Waals surface area contributed by atoms with Crippen LogP contribution < -0.4 is 10.5 Å². The minimum atomic E-state index is -1.25. The van der Waals surface area contributed by atoms with Gasteiger partial charge in [0.05, 0.1) is 12.9 Å². The molecule has 0 saturated carbocycles. The van der Waals surface area contributed by atoms with Crippen molar-refractivity contribution in [2.75, 3.05) is 12.3 Å². The summed E-state index contributed by atoms with van der Waals surface area (Å²) < 4.78 is 12.6. The molecule has 0 aliphatic carbocycles. The van der Waals surface area contributed by atoms with Crippen molar-refractivity contribution in [3.05, 3.63) is 42.5 Å². The number of para-hydroxylation sites is 1. The molecule has 1 aliphatic heterocycles. The zero-order valence-corrected chi connectivity index (χ0v) is 14.2. The number of nitrogens with zero attached hydrogens (tertiary/aromatic N) is 4. The molecule has 142 valence electrons. The summed E-state index contributed by atoms with van der Waals surface area (Å²) in [4.78, 5) is 12.8. The summed E-state index contributed by atoms with van der Waals surface area (Å²) in [7, 11) is 0. The lowest BCUT2D eigenvalue weighted by molar-refractivity contribution is -0.0511. The smallest absolute Gasteiger partial charge is 0.170 e. The van der Waals surface area contributed by atoms with Crippen LogP contribution in [0.1, 0.15) is 12.1 Å². The molecular formula is C17H19N5O5. The Hall–Kier alpha value is -2.79. The highest BCUT2D eigenvalue weighted by Gasteiger charge is 2.44. The second-order valence-electron chi connectivity index (χ2n) is 6.18. The molecule has 1 aliphatic rings. The number of rotatable bonds is 5. The van der Waals surface area contributed by atoms with Crippen LogP contribution in [0.15, 0.2) is 36.7 Å². The van der Waals surface area contributed by atoms with Crippen molar-refractivity contribution in [3.63, 3.8) is 0 Å². The number of nitrogen functional groups attached to an aromatic ring is 1. The number of ether oxygens (including phenoxy) is 2. The second kappa shape index (κ2) is 7.08. The van der Waals surface area contributed by atoms with E-state index in [1.54, 1.807) is 0 Å². The predicted octanol–water partition coefficient (Wildman–Crippen LogP) is -0.401. The quantitative estimate of drug-likeness (QED) is 0.468. The number of aromatic nitrogens is 4. The molecule has 1 unspecified atom stereocenters. The lowest BCUT2D eigenvalue weighted by Gasteiger charge is -2.16. The Kier molecular flexibility index (Phi) is 4.62. The van der Waals surface area contributed by atoms with Gasteiger partial charge in [-0.1, -0.05) is 18.2 Å². The fourth-order valence-electron chi connectivity index (χ4n) is 3.01. The monoisotopic (exact) mass is 373 g/mol. The summed E-state index contributed by atoms with van der Waals surface area (Å²) >= 11 is 0. The minimum Gasteiger partial charge on any atom is -0.486 e. The third-order valence-corrected chi connectivity index (χ3v) is 4.40. The highest BCUT2D eigenvalue weighted by atomic mass is 16.6. The molecule has 3 aromatic rings. The molecule has 4 atom stereocenters. The summed E-state index contributed by atoms with van der Waals surface area (Å²) in [6.07, 6.45) is -2.93. The second-order valence-corrected chi connectivity index (χ2v) is 6.18. The van der Waals surface area contributed by atoms with Crippen LogP contribution in [0.25, 0.3) is 11.2 Å². The van der Waals surface area contributed by atoms with E-state index in [0.717, 1.165) is 0 Å². The van der Waals surface area contributed by atoms with Crippen LogP contribution >= 0.6 is 0 Å². The van der Waals surface area contributed by atoms with E-state index in [1.807, 2.05) is 30.3 Å². The summed E-state index contributed by atoms with van der Waals surface area (Å²) in [6.45, 7) is -0.333. The van der Waals surface area contributed by atoms with E-state index in [2.05, 4.69) is 15.0 Å². The average Bonchev–Trinajstić information content (AvgIpc) is 3.23. The van der Waals surface area contributed by atoms with Crippen molar-refractivity contribution < 1.29 is 24.8 Å². The van der Waals surface area contributed by atoms with Gasteiger partial charge in [-0.25, -0.2) is 15.0 Å². The minimum absolute atomic E-state index is 0.0886. The van der Waals surface area contributed by atoms with Gasteiger partial charge in [0.25, 0.3) is 0 Å². The Labute approximate surface area is 153 Å². The molecule has 4 rings (SSSR count). The third kappa shape index (κ3) is 3.19. The van der Waals surface area contributed by atoms with Crippen molar-refractivity contribution in [2.24, 2.45) is 0 Å². The predicted molar refractivity (Wildman–Crippen MR) is 93.5 cm³/mol. The van der Waals surface area contributed by atoms with Crippen molar-refractivity contribution in [1.29, 1.82) is 0 Å². The summed E-state index contributed by atoms with van der Waals surface area (Å²) in [5.41, 5.74) is 6.66. The molecule has 1 fully saturated rings. The Balaban J connectivity index is 1.64. The zero-order valence-electron chi connectivity index (χ0n) is 14.2. The first-order valence-corrected chi connectivity index (χ1v) is 8.37. The van der Waals surface area contributed by atoms with Crippen LogP contribution in [0, 0.1) is 0 Å². The number of hydrogen-bond donors (Lipinski definition) is 4. The van der Waals surface area contributed by atoms with Crippen LogP contribution in [-0.4, -0.2) is 59.8 Å². The summed E-state index contributed by atoms with van der Waals surface area (Å²) in [6, 6.07) is 9.21. The number of nitrogens with two attached hydrogens (primary N) is 1. The molecule has 5 N–H and O–H groups in total. The summed E-state index contributed by atoms with van der Waals surface area (Å²) in [5, 5.41) is 29.5. The molecule has 0 spiro atoms. The Bertz CT molecular complexity index is 934. The first kappa shape index (κ1) is 17.6. The van der Waals surface area contributed by atoms with E-state index in [0.29, 0.717) is 22.7 Å². The molecule has 1 aromatic carbocycles. The first-order chi connectivity index (χ1) is 13.1.